The van der Waals surface area contributed by atoms with Crippen molar-refractivity contribution in [3.63, 3.8) is 0 Å². The fourth-order valence-corrected chi connectivity index (χ4v) is 3.52. The molecule has 0 unspecified atom stereocenters. The van der Waals surface area contributed by atoms with Gasteiger partial charge in [-0.2, -0.15) is 0 Å². The van der Waals surface area contributed by atoms with E-state index in [1.807, 2.05) is 24.9 Å². The first-order chi connectivity index (χ1) is 11.5. The molecular formula is C19H28N4O. The van der Waals surface area contributed by atoms with Gasteiger partial charge in [0.15, 0.2) is 0 Å². The third-order valence-corrected chi connectivity index (χ3v) is 5.00. The summed E-state index contributed by atoms with van der Waals surface area (Å²) in [5, 5.41) is 3.67. The van der Waals surface area contributed by atoms with Crippen molar-refractivity contribution in [2.75, 3.05) is 13.1 Å². The van der Waals surface area contributed by atoms with Crippen molar-refractivity contribution in [1.29, 1.82) is 0 Å². The molecule has 5 nitrogen and oxygen atoms in total. The van der Waals surface area contributed by atoms with E-state index in [1.54, 1.807) is 0 Å². The number of carbonyl (C=O) groups excluding carboxylic acids is 1. The second-order valence-electron chi connectivity index (χ2n) is 7.37. The monoisotopic (exact) mass is 328 g/mol. The summed E-state index contributed by atoms with van der Waals surface area (Å²) in [4.78, 5) is 18.7. The number of hydrogen-bond donors (Lipinski definition) is 1. The van der Waals surface area contributed by atoms with Crippen LogP contribution in [0.4, 0.5) is 0 Å². The maximum atomic E-state index is 12.2. The molecule has 130 valence electrons. The molecule has 1 N–H and O–H groups in total. The molecule has 3 rings (SSSR count). The maximum absolute atomic E-state index is 12.2. The van der Waals surface area contributed by atoms with E-state index in [9.17, 15) is 4.79 Å². The van der Waals surface area contributed by atoms with Gasteiger partial charge in [0.25, 0.3) is 0 Å². The molecule has 2 atom stereocenters. The van der Waals surface area contributed by atoms with Crippen molar-refractivity contribution in [2.45, 2.75) is 46.7 Å². The molecular weight excluding hydrogens is 300 g/mol. The highest BCUT2D eigenvalue weighted by molar-refractivity contribution is 5.78. The Bertz CT molecular complexity index is 721. The summed E-state index contributed by atoms with van der Waals surface area (Å²) < 4.78 is 2.14. The zero-order valence-corrected chi connectivity index (χ0v) is 15.1. The van der Waals surface area contributed by atoms with Gasteiger partial charge >= 0.3 is 0 Å². The molecule has 0 bridgehead atoms. The highest BCUT2D eigenvalue weighted by Gasteiger charge is 2.29. The van der Waals surface area contributed by atoms with Gasteiger partial charge in [-0.3, -0.25) is 4.79 Å². The number of rotatable bonds is 4. The number of carbonyl (C=O) groups is 1. The number of hydrogen-bond acceptors (Lipinski definition) is 3. The summed E-state index contributed by atoms with van der Waals surface area (Å²) >= 11 is 0. The normalized spacial score (nSPS) is 21.6. The molecule has 0 aliphatic carbocycles. The summed E-state index contributed by atoms with van der Waals surface area (Å²) in [6.45, 7) is 10.8. The van der Waals surface area contributed by atoms with Crippen molar-refractivity contribution in [2.24, 2.45) is 11.8 Å². The zero-order chi connectivity index (χ0) is 17.3. The summed E-state index contributed by atoms with van der Waals surface area (Å²) in [5.41, 5.74) is 3.40. The van der Waals surface area contributed by atoms with Gasteiger partial charge in [-0.25, -0.2) is 4.98 Å². The predicted molar refractivity (Wildman–Crippen MR) is 95.8 cm³/mol. The Morgan fingerprint density at radius 2 is 2.25 bits per heavy atom. The van der Waals surface area contributed by atoms with Crippen LogP contribution in [0, 0.1) is 18.8 Å². The lowest BCUT2D eigenvalue weighted by atomic mass is 9.93. The van der Waals surface area contributed by atoms with Gasteiger partial charge in [0.2, 0.25) is 5.91 Å². The Labute approximate surface area is 144 Å². The number of piperidine rings is 1. The molecule has 0 aromatic carbocycles. The lowest BCUT2D eigenvalue weighted by molar-refractivity contribution is -0.136. The first kappa shape index (κ1) is 17.0. The zero-order valence-electron chi connectivity index (χ0n) is 15.1. The first-order valence-electron chi connectivity index (χ1n) is 8.90. The predicted octanol–water partition coefficient (Wildman–Crippen LogP) is 2.63. The molecule has 24 heavy (non-hydrogen) atoms. The van der Waals surface area contributed by atoms with Crippen LogP contribution < -0.4 is 5.32 Å². The number of nitrogens with zero attached hydrogens (tertiary/aromatic N) is 3. The van der Waals surface area contributed by atoms with Crippen LogP contribution in [0.3, 0.4) is 0 Å². The largest absolute Gasteiger partial charge is 0.342 e. The number of aromatic nitrogens is 2. The van der Waals surface area contributed by atoms with Gasteiger partial charge in [0.1, 0.15) is 5.65 Å². The van der Waals surface area contributed by atoms with Gasteiger partial charge in [0.05, 0.1) is 11.9 Å². The lowest BCUT2D eigenvalue weighted by Crippen LogP contribution is -2.50. The molecule has 1 aliphatic heterocycles. The standard InChI is InChI=1S/C19H28N4O/c1-13(2)19(24)22-7-6-17(15(4)12-22)20-10-16-11-21-18-9-14(3)5-8-23(16)18/h5,8-9,11,13,15,17,20H,6-7,10,12H2,1-4H3/t15-,17+/m0/s1. The fraction of sp³-hybridized carbons (Fsp3) is 0.579. The van der Waals surface area contributed by atoms with Crippen LogP contribution in [0.25, 0.3) is 5.65 Å². The van der Waals surface area contributed by atoms with E-state index >= 15 is 0 Å². The third-order valence-electron chi connectivity index (χ3n) is 5.00. The number of nitrogens with one attached hydrogen (secondary N) is 1. The summed E-state index contributed by atoms with van der Waals surface area (Å²) in [5.74, 6) is 0.823. The number of imidazole rings is 1. The van der Waals surface area contributed by atoms with Crippen molar-refractivity contribution < 1.29 is 4.79 Å². The maximum Gasteiger partial charge on any atom is 0.225 e. The highest BCUT2D eigenvalue weighted by Crippen LogP contribution is 2.19. The molecule has 1 fully saturated rings. The topological polar surface area (TPSA) is 49.6 Å². The molecule has 2 aromatic rings. The number of aryl methyl sites for hydroxylation is 1. The van der Waals surface area contributed by atoms with Gasteiger partial charge < -0.3 is 14.6 Å². The Hall–Kier alpha value is -1.88. The van der Waals surface area contributed by atoms with Gasteiger partial charge in [-0.1, -0.05) is 20.8 Å². The molecule has 0 saturated carbocycles. The smallest absolute Gasteiger partial charge is 0.225 e. The Balaban J connectivity index is 1.60. The van der Waals surface area contributed by atoms with Gasteiger partial charge in [-0.15, -0.1) is 0 Å². The molecule has 1 amide bonds. The van der Waals surface area contributed by atoms with Crippen LogP contribution in [0.15, 0.2) is 24.5 Å². The molecule has 5 heteroatoms. The average molecular weight is 328 g/mol. The van der Waals surface area contributed by atoms with Gasteiger partial charge in [-0.05, 0) is 37.0 Å². The highest BCUT2D eigenvalue weighted by atomic mass is 16.2. The van der Waals surface area contributed by atoms with Crippen molar-refractivity contribution in [3.05, 3.63) is 35.8 Å². The molecule has 0 spiro atoms. The summed E-state index contributed by atoms with van der Waals surface area (Å²) in [6, 6.07) is 4.65. The first-order valence-corrected chi connectivity index (χ1v) is 8.90. The summed E-state index contributed by atoms with van der Waals surface area (Å²) in [6.07, 6.45) is 5.04. The van der Waals surface area contributed by atoms with Gasteiger partial charge in [0, 0.05) is 37.8 Å². The van der Waals surface area contributed by atoms with Crippen LogP contribution in [0.1, 0.15) is 38.4 Å². The average Bonchev–Trinajstić information content (AvgIpc) is 2.95. The molecule has 3 heterocycles. The van der Waals surface area contributed by atoms with E-state index in [0.717, 1.165) is 31.7 Å². The van der Waals surface area contributed by atoms with Crippen LogP contribution in [-0.4, -0.2) is 39.3 Å². The molecule has 1 saturated heterocycles. The van der Waals surface area contributed by atoms with Crippen LogP contribution in [0.2, 0.25) is 0 Å². The SMILES string of the molecule is Cc1ccn2c(CN[C@@H]3CCN(C(=O)C(C)C)C[C@@H]3C)cnc2c1. The quantitative estimate of drug-likeness (QED) is 0.938. The molecule has 0 radical (unpaired) electrons. The number of amides is 1. The van der Waals surface area contributed by atoms with E-state index in [-0.39, 0.29) is 11.8 Å². The second kappa shape index (κ2) is 6.93. The lowest BCUT2D eigenvalue weighted by Gasteiger charge is -2.38. The minimum absolute atomic E-state index is 0.0864. The Morgan fingerprint density at radius 3 is 2.96 bits per heavy atom. The van der Waals surface area contributed by atoms with Crippen molar-refractivity contribution >= 4 is 11.6 Å². The summed E-state index contributed by atoms with van der Waals surface area (Å²) in [7, 11) is 0. The second-order valence-corrected chi connectivity index (χ2v) is 7.37. The third kappa shape index (κ3) is 3.46. The van der Waals surface area contributed by atoms with E-state index in [0.29, 0.717) is 12.0 Å². The van der Waals surface area contributed by atoms with E-state index in [1.165, 1.54) is 11.3 Å². The van der Waals surface area contributed by atoms with Crippen molar-refractivity contribution in [1.82, 2.24) is 19.6 Å². The number of pyridine rings is 1. The van der Waals surface area contributed by atoms with Crippen LogP contribution in [-0.2, 0) is 11.3 Å². The Morgan fingerprint density at radius 1 is 1.46 bits per heavy atom. The van der Waals surface area contributed by atoms with E-state index in [4.69, 9.17) is 0 Å². The van der Waals surface area contributed by atoms with E-state index < -0.39 is 0 Å². The fourth-order valence-electron chi connectivity index (χ4n) is 3.52. The minimum atomic E-state index is 0.0864. The minimum Gasteiger partial charge on any atom is -0.342 e. The van der Waals surface area contributed by atoms with E-state index in [2.05, 4.69) is 46.9 Å². The molecule has 1 aliphatic rings. The van der Waals surface area contributed by atoms with Crippen molar-refractivity contribution in [3.8, 4) is 0 Å². The van der Waals surface area contributed by atoms with Crippen LogP contribution in [0.5, 0.6) is 0 Å². The number of likely N-dealkylation sites (tertiary alicyclic amines) is 1. The van der Waals surface area contributed by atoms with Crippen LogP contribution >= 0.6 is 0 Å². The molecule has 2 aromatic heterocycles. The Kier molecular flexibility index (Phi) is 4.90. The number of fused-ring (bicyclic) bond motifs is 1.